The van der Waals surface area contributed by atoms with E-state index in [-0.39, 0.29) is 11.8 Å². The lowest BCUT2D eigenvalue weighted by molar-refractivity contribution is 0.0607. The number of morpholine rings is 1. The van der Waals surface area contributed by atoms with Crippen molar-refractivity contribution in [3.8, 4) is 0 Å². The van der Waals surface area contributed by atoms with Crippen molar-refractivity contribution in [2.45, 2.75) is 13.0 Å². The van der Waals surface area contributed by atoms with Gasteiger partial charge in [-0.25, -0.2) is 0 Å². The lowest BCUT2D eigenvalue weighted by atomic mass is 9.99. The minimum atomic E-state index is -0.211. The van der Waals surface area contributed by atoms with Crippen molar-refractivity contribution in [1.29, 1.82) is 0 Å². The van der Waals surface area contributed by atoms with Gasteiger partial charge in [-0.1, -0.05) is 35.9 Å². The second-order valence-corrected chi connectivity index (χ2v) is 5.01. The van der Waals surface area contributed by atoms with Crippen LogP contribution in [0.1, 0.15) is 15.9 Å². The quantitative estimate of drug-likeness (QED) is 0.837. The van der Waals surface area contributed by atoms with Crippen molar-refractivity contribution in [1.82, 2.24) is 5.32 Å². The Hall–Kier alpha value is -1.71. The number of aryl methyl sites for hydroxylation is 1. The fraction of sp³-hybridized carbons (Fsp3) is 0.312. The normalized spacial score (nSPS) is 19.5. The van der Waals surface area contributed by atoms with Gasteiger partial charge < -0.3 is 10.1 Å². The molecule has 1 N–H and O–H groups in total. The first-order valence-corrected chi connectivity index (χ1v) is 6.60. The van der Waals surface area contributed by atoms with E-state index in [1.165, 1.54) is 10.9 Å². The molecule has 0 bridgehead atoms. The molecule has 1 atom stereocenters. The van der Waals surface area contributed by atoms with Gasteiger partial charge in [-0.3, -0.25) is 4.79 Å². The third-order valence-corrected chi connectivity index (χ3v) is 3.52. The number of carbonyl (C=O) groups is 1. The van der Waals surface area contributed by atoms with Gasteiger partial charge in [0.15, 0.2) is 5.78 Å². The average molecular weight is 255 g/mol. The summed E-state index contributed by atoms with van der Waals surface area (Å²) in [4.78, 5) is 12.4. The number of hydrogen-bond donors (Lipinski definition) is 1. The maximum absolute atomic E-state index is 12.4. The van der Waals surface area contributed by atoms with Crippen molar-refractivity contribution in [2.75, 3.05) is 19.8 Å². The van der Waals surface area contributed by atoms with Crippen LogP contribution in [0.5, 0.6) is 0 Å². The fourth-order valence-corrected chi connectivity index (χ4v) is 2.45. The zero-order valence-corrected chi connectivity index (χ0v) is 11.0. The van der Waals surface area contributed by atoms with E-state index in [2.05, 4.69) is 30.4 Å². The molecule has 1 aliphatic heterocycles. The highest BCUT2D eigenvalue weighted by molar-refractivity contribution is 6.03. The molecule has 1 unspecified atom stereocenters. The molecule has 3 rings (SSSR count). The summed E-state index contributed by atoms with van der Waals surface area (Å²) < 4.78 is 5.34. The molecule has 2 aromatic rings. The third kappa shape index (κ3) is 2.53. The Morgan fingerprint density at radius 2 is 2.00 bits per heavy atom. The standard InChI is InChI=1S/C16H17NO2/c1-11-2-3-13-9-14(5-4-12(13)8-11)16(18)15-10-19-7-6-17-15/h2-5,8-9,15,17H,6-7,10H2,1H3. The molecule has 19 heavy (non-hydrogen) atoms. The number of hydrogen-bond acceptors (Lipinski definition) is 3. The summed E-state index contributed by atoms with van der Waals surface area (Å²) in [7, 11) is 0. The van der Waals surface area contributed by atoms with Crippen LogP contribution in [0.25, 0.3) is 10.8 Å². The van der Waals surface area contributed by atoms with E-state index in [0.29, 0.717) is 13.2 Å². The van der Waals surface area contributed by atoms with Crippen LogP contribution >= 0.6 is 0 Å². The molecule has 0 radical (unpaired) electrons. The highest BCUT2D eigenvalue weighted by Crippen LogP contribution is 2.19. The Labute approximate surface area is 112 Å². The molecule has 98 valence electrons. The van der Waals surface area contributed by atoms with Gasteiger partial charge in [0.1, 0.15) is 0 Å². The average Bonchev–Trinajstić information content (AvgIpc) is 2.47. The predicted molar refractivity (Wildman–Crippen MR) is 75.6 cm³/mol. The fourth-order valence-electron chi connectivity index (χ4n) is 2.45. The molecule has 1 aliphatic rings. The van der Waals surface area contributed by atoms with Crippen LogP contribution < -0.4 is 5.32 Å². The number of rotatable bonds is 2. The Balaban J connectivity index is 1.92. The first-order chi connectivity index (χ1) is 9.24. The number of Topliss-reactive ketones (excluding diaryl/α,β-unsaturated/α-hetero) is 1. The van der Waals surface area contributed by atoms with Gasteiger partial charge in [-0.2, -0.15) is 0 Å². The number of fused-ring (bicyclic) bond motifs is 1. The van der Waals surface area contributed by atoms with Gasteiger partial charge in [0, 0.05) is 12.1 Å². The second-order valence-electron chi connectivity index (χ2n) is 5.01. The Kier molecular flexibility index (Phi) is 3.32. The number of carbonyl (C=O) groups excluding carboxylic acids is 1. The molecule has 3 nitrogen and oxygen atoms in total. The number of ether oxygens (including phenoxy) is 1. The topological polar surface area (TPSA) is 38.3 Å². The molecule has 0 amide bonds. The van der Waals surface area contributed by atoms with Crippen LogP contribution in [0.3, 0.4) is 0 Å². The van der Waals surface area contributed by atoms with Crippen LogP contribution in [0, 0.1) is 6.92 Å². The van der Waals surface area contributed by atoms with E-state index in [0.717, 1.165) is 17.5 Å². The van der Waals surface area contributed by atoms with Gasteiger partial charge in [-0.15, -0.1) is 0 Å². The number of nitrogens with one attached hydrogen (secondary N) is 1. The van der Waals surface area contributed by atoms with E-state index in [1.807, 2.05) is 18.2 Å². The molecule has 0 aliphatic carbocycles. The minimum absolute atomic E-state index is 0.113. The summed E-state index contributed by atoms with van der Waals surface area (Å²) in [5.41, 5.74) is 1.98. The first-order valence-electron chi connectivity index (χ1n) is 6.60. The van der Waals surface area contributed by atoms with Crippen molar-refractivity contribution in [3.05, 3.63) is 47.5 Å². The van der Waals surface area contributed by atoms with Crippen LogP contribution in [0.15, 0.2) is 36.4 Å². The van der Waals surface area contributed by atoms with Crippen LogP contribution in [-0.4, -0.2) is 31.6 Å². The molecular weight excluding hydrogens is 238 g/mol. The minimum Gasteiger partial charge on any atom is -0.378 e. The molecule has 0 spiro atoms. The highest BCUT2D eigenvalue weighted by Gasteiger charge is 2.22. The van der Waals surface area contributed by atoms with E-state index < -0.39 is 0 Å². The molecule has 3 heteroatoms. The zero-order chi connectivity index (χ0) is 13.2. The summed E-state index contributed by atoms with van der Waals surface area (Å²) in [5.74, 6) is 0.113. The van der Waals surface area contributed by atoms with Crippen molar-refractivity contribution in [3.63, 3.8) is 0 Å². The number of benzene rings is 2. The monoisotopic (exact) mass is 255 g/mol. The maximum Gasteiger partial charge on any atom is 0.182 e. The van der Waals surface area contributed by atoms with E-state index in [4.69, 9.17) is 4.74 Å². The SMILES string of the molecule is Cc1ccc2cc(C(=O)C3COCCN3)ccc2c1. The van der Waals surface area contributed by atoms with Crippen molar-refractivity contribution >= 4 is 16.6 Å². The lowest BCUT2D eigenvalue weighted by Crippen LogP contribution is -2.46. The molecule has 0 saturated carbocycles. The molecule has 1 heterocycles. The van der Waals surface area contributed by atoms with Gasteiger partial charge in [-0.05, 0) is 23.8 Å². The highest BCUT2D eigenvalue weighted by atomic mass is 16.5. The predicted octanol–water partition coefficient (Wildman–Crippen LogP) is 2.32. The number of ketones is 1. The summed E-state index contributed by atoms with van der Waals surface area (Å²) in [6, 6.07) is 11.9. The Morgan fingerprint density at radius 3 is 2.79 bits per heavy atom. The zero-order valence-electron chi connectivity index (χ0n) is 11.0. The third-order valence-electron chi connectivity index (χ3n) is 3.52. The van der Waals surface area contributed by atoms with Crippen molar-refractivity contribution in [2.24, 2.45) is 0 Å². The Bertz CT molecular complexity index is 615. The molecule has 1 fully saturated rings. The maximum atomic E-state index is 12.4. The van der Waals surface area contributed by atoms with Gasteiger partial charge in [0.2, 0.25) is 0 Å². The van der Waals surface area contributed by atoms with Crippen molar-refractivity contribution < 1.29 is 9.53 Å². The smallest absolute Gasteiger partial charge is 0.182 e. The van der Waals surface area contributed by atoms with Gasteiger partial charge in [0.25, 0.3) is 0 Å². The van der Waals surface area contributed by atoms with Crippen LogP contribution in [-0.2, 0) is 4.74 Å². The molecule has 0 aromatic heterocycles. The summed E-state index contributed by atoms with van der Waals surface area (Å²) in [6.45, 7) is 3.95. The first kappa shape index (κ1) is 12.3. The van der Waals surface area contributed by atoms with E-state index >= 15 is 0 Å². The largest absolute Gasteiger partial charge is 0.378 e. The van der Waals surface area contributed by atoms with Gasteiger partial charge in [0.05, 0.1) is 19.3 Å². The van der Waals surface area contributed by atoms with Crippen LogP contribution in [0.2, 0.25) is 0 Å². The molecular formula is C16H17NO2. The lowest BCUT2D eigenvalue weighted by Gasteiger charge is -2.22. The summed E-state index contributed by atoms with van der Waals surface area (Å²) in [5, 5.41) is 5.48. The molecule has 2 aromatic carbocycles. The second kappa shape index (κ2) is 5.11. The van der Waals surface area contributed by atoms with Crippen LogP contribution in [0.4, 0.5) is 0 Å². The summed E-state index contributed by atoms with van der Waals surface area (Å²) >= 11 is 0. The molecule has 1 saturated heterocycles. The summed E-state index contributed by atoms with van der Waals surface area (Å²) in [6.07, 6.45) is 0. The van der Waals surface area contributed by atoms with E-state index in [9.17, 15) is 4.79 Å². The Morgan fingerprint density at radius 1 is 1.21 bits per heavy atom. The van der Waals surface area contributed by atoms with E-state index in [1.54, 1.807) is 0 Å². The van der Waals surface area contributed by atoms with Gasteiger partial charge >= 0.3 is 0 Å².